The van der Waals surface area contributed by atoms with Gasteiger partial charge in [-0.25, -0.2) is 0 Å². The Morgan fingerprint density at radius 2 is 0.861 bits per heavy atom. The van der Waals surface area contributed by atoms with Gasteiger partial charge in [-0.15, -0.1) is 0 Å². The van der Waals surface area contributed by atoms with E-state index in [0.29, 0.717) is 66.4 Å². The van der Waals surface area contributed by atoms with E-state index in [1.807, 2.05) is 0 Å². The van der Waals surface area contributed by atoms with Crippen molar-refractivity contribution in [2.75, 3.05) is 66.1 Å². The third-order valence-electron chi connectivity index (χ3n) is 28.7. The number of rotatable bonds is 48. The fourth-order valence-corrected chi connectivity index (χ4v) is 22.3. The summed E-state index contributed by atoms with van der Waals surface area (Å²) < 4.78 is 34.8. The summed E-state index contributed by atoms with van der Waals surface area (Å²) in [6.07, 6.45) is 70.9. The first-order valence-corrected chi connectivity index (χ1v) is 44.5. The van der Waals surface area contributed by atoms with Gasteiger partial charge in [-0.1, -0.05) is 227 Å². The molecule has 2 N–H and O–H groups in total. The van der Waals surface area contributed by atoms with E-state index in [9.17, 15) is 5.11 Å². The molecule has 9 rings (SSSR count). The molecule has 0 aromatic rings. The van der Waals surface area contributed by atoms with Crippen LogP contribution in [0.15, 0.2) is 47.6 Å². The van der Waals surface area contributed by atoms with E-state index in [4.69, 9.17) is 33.5 Å². The molecule has 0 aromatic heterocycles. The van der Waals surface area contributed by atoms with E-state index in [2.05, 4.69) is 120 Å². The third-order valence-corrected chi connectivity index (χ3v) is 28.7. The van der Waals surface area contributed by atoms with Crippen molar-refractivity contribution in [3.05, 3.63) is 47.6 Å². The van der Waals surface area contributed by atoms with Gasteiger partial charge in [-0.2, -0.15) is 0 Å². The molecule has 6 saturated carbocycles. The molecule has 7 fully saturated rings. The highest BCUT2D eigenvalue weighted by atomic mass is 16.6. The molecule has 0 aromatic carbocycles. The smallest absolute Gasteiger partial charge is 0.104 e. The summed E-state index contributed by atoms with van der Waals surface area (Å²) >= 11 is 0. The Balaban J connectivity index is 0.000000243. The van der Waals surface area contributed by atoms with Crippen LogP contribution in [0, 0.1) is 92.7 Å². The van der Waals surface area contributed by atoms with Gasteiger partial charge in [0.2, 0.25) is 0 Å². The first-order chi connectivity index (χ1) is 48.9. The van der Waals surface area contributed by atoms with E-state index in [0.717, 1.165) is 149 Å². The summed E-state index contributed by atoms with van der Waals surface area (Å²) in [4.78, 5) is 0. The van der Waals surface area contributed by atoms with E-state index in [1.165, 1.54) is 238 Å². The molecule has 0 amide bonds. The molecule has 1 heterocycles. The average molecular weight is 1410 g/mol. The maximum absolute atomic E-state index is 10.1. The van der Waals surface area contributed by atoms with Crippen molar-refractivity contribution >= 4 is 0 Å². The standard InChI is InChI=1S/C46H82O4.C34H60O2.C13H24O2/c1-7-8-9-10-11-12-14-17-30-48-34-39(47)35-49-31-18-15-13-16-19-32-50-40-26-28-45(5)38(33-40)22-23-41-43-25-24-42(37(4)21-20-36(2)3)46(43,6)29-27-44(41)45;1-25(2)12-13-26(3)30-16-17-31-29-15-14-27-24-28(36-23-11-9-7-6-8-10-22-35)18-20-33(27,4)32(29)19-21-34(30,31)5;1-2-3-4-5-6-7-8-9-10-14-11-13-12-15-13/h11-12,22,36-37,39-44,47H,7-10,13-21,23-35H2,1-6H3;14,25-26,28-32,35H,6-13,15-24H2,1-5H3;6-7,13H,2-5,8-12H2,1H3/b12-11-;;7-6-/t37-,39+,40+,41+,42-,43?,44?,45+,46-;26-,28+,29+,30-,31?,32?,33+,34-;13-/m110/s1. The fraction of sp³-hybridized carbons (Fsp3) is 0.914. The van der Waals surface area contributed by atoms with Crippen molar-refractivity contribution in [1.82, 2.24) is 0 Å². The Kier molecular flexibility index (Phi) is 40.3. The highest BCUT2D eigenvalue weighted by Gasteiger charge is 2.61. The highest BCUT2D eigenvalue weighted by molar-refractivity contribution is 5.27. The molecule has 0 spiro atoms. The summed E-state index contributed by atoms with van der Waals surface area (Å²) in [5, 5.41) is 19.0. The highest BCUT2D eigenvalue weighted by Crippen LogP contribution is 2.69. The van der Waals surface area contributed by atoms with Gasteiger partial charge >= 0.3 is 0 Å². The lowest BCUT2D eigenvalue weighted by atomic mass is 9.47. The predicted octanol–water partition coefficient (Wildman–Crippen LogP) is 25.0. The normalized spacial score (nSPS) is 32.7. The van der Waals surface area contributed by atoms with E-state index in [-0.39, 0.29) is 0 Å². The fourth-order valence-electron chi connectivity index (χ4n) is 22.3. The molecular formula is C93H166O8. The zero-order valence-corrected chi connectivity index (χ0v) is 68.5. The SMILES string of the molecule is CC(C)CC[C@@H](C)[C@H]1CCC2[C@@H]3CC=C4C[C@@H](OCCCCCCCCO)CC[C@]4(C)C3CC[C@@]21C.CCCCC/C=C\CCCOC[C@H](O)COCCCCCCCO[C@H]1CC[C@@]2(C)C(=CC[C@@H]3C2CC[C@@]2(C)C3CC[C@@H]2[C@H](C)CCC(C)C)C1.CCCCC/C=C\CCCOC[C@H]1CO1. The van der Waals surface area contributed by atoms with Crippen LogP contribution in [0.1, 0.15) is 359 Å². The summed E-state index contributed by atoms with van der Waals surface area (Å²) in [6.45, 7) is 36.9. The van der Waals surface area contributed by atoms with Crippen LogP contribution in [0.25, 0.3) is 0 Å². The molecule has 586 valence electrons. The van der Waals surface area contributed by atoms with Gasteiger partial charge in [0.1, 0.15) is 12.2 Å². The number of hydrogen-bond donors (Lipinski definition) is 2. The number of hydrogen-bond acceptors (Lipinski definition) is 8. The lowest BCUT2D eigenvalue weighted by Gasteiger charge is -2.58. The maximum atomic E-state index is 10.1. The minimum Gasteiger partial charge on any atom is -0.396 e. The first kappa shape index (κ1) is 86.9. The van der Waals surface area contributed by atoms with Crippen LogP contribution in [0.5, 0.6) is 0 Å². The number of unbranched alkanes of at least 4 members (excludes halogenated alkanes) is 17. The van der Waals surface area contributed by atoms with Crippen molar-refractivity contribution in [3.8, 4) is 0 Å². The van der Waals surface area contributed by atoms with E-state index < -0.39 is 6.10 Å². The molecule has 4 unspecified atom stereocenters. The lowest BCUT2D eigenvalue weighted by molar-refractivity contribution is -0.0642. The van der Waals surface area contributed by atoms with Crippen molar-refractivity contribution in [2.24, 2.45) is 92.7 Å². The van der Waals surface area contributed by atoms with Crippen molar-refractivity contribution < 1.29 is 38.6 Å². The van der Waals surface area contributed by atoms with E-state index >= 15 is 0 Å². The van der Waals surface area contributed by atoms with Crippen molar-refractivity contribution in [3.63, 3.8) is 0 Å². The predicted molar refractivity (Wildman–Crippen MR) is 427 cm³/mol. The second-order valence-electron chi connectivity index (χ2n) is 37.0. The van der Waals surface area contributed by atoms with Gasteiger partial charge in [0, 0.05) is 39.6 Å². The number of ether oxygens (including phenoxy) is 6. The zero-order chi connectivity index (χ0) is 72.4. The van der Waals surface area contributed by atoms with Gasteiger partial charge in [0.25, 0.3) is 0 Å². The van der Waals surface area contributed by atoms with Crippen LogP contribution in [-0.2, 0) is 28.4 Å². The third kappa shape index (κ3) is 27.6. The minimum absolute atomic E-state index is 0.347. The number of aliphatic hydroxyl groups is 2. The molecule has 101 heavy (non-hydrogen) atoms. The molecule has 8 aliphatic carbocycles. The molecule has 9 aliphatic rings. The summed E-state index contributed by atoms with van der Waals surface area (Å²) in [6, 6.07) is 0. The molecule has 8 heteroatoms. The molecule has 8 nitrogen and oxygen atoms in total. The van der Waals surface area contributed by atoms with Crippen LogP contribution >= 0.6 is 0 Å². The van der Waals surface area contributed by atoms with Gasteiger partial charge in [-0.3, -0.25) is 0 Å². The molecule has 0 bridgehead atoms. The molecule has 0 radical (unpaired) electrons. The second-order valence-corrected chi connectivity index (χ2v) is 37.0. The Bertz CT molecular complexity index is 2300. The van der Waals surface area contributed by atoms with Crippen LogP contribution in [-0.4, -0.2) is 101 Å². The molecule has 1 aliphatic heterocycles. The molecule has 1 saturated heterocycles. The second kappa shape index (κ2) is 46.9. The Hall–Kier alpha value is -1.36. The number of fused-ring (bicyclic) bond motifs is 10. The van der Waals surface area contributed by atoms with Crippen LogP contribution in [0.4, 0.5) is 0 Å². The Labute approximate surface area is 625 Å². The summed E-state index contributed by atoms with van der Waals surface area (Å²) in [5.41, 5.74) is 5.56. The molecular weight excluding hydrogens is 1250 g/mol. The minimum atomic E-state index is -0.521. The average Bonchev–Trinajstić information content (AvgIpc) is 1.71. The Morgan fingerprint density at radius 3 is 1.29 bits per heavy atom. The van der Waals surface area contributed by atoms with Gasteiger partial charge in [0.05, 0.1) is 38.6 Å². The van der Waals surface area contributed by atoms with Gasteiger partial charge in [0.15, 0.2) is 0 Å². The zero-order valence-electron chi connectivity index (χ0n) is 68.5. The number of allylic oxidation sites excluding steroid dienone is 6. The van der Waals surface area contributed by atoms with Crippen LogP contribution < -0.4 is 0 Å². The Morgan fingerprint density at radius 1 is 0.455 bits per heavy atom. The number of aliphatic hydroxyl groups excluding tert-OH is 2. The first-order valence-electron chi connectivity index (χ1n) is 44.5. The number of epoxide rings is 1. The maximum Gasteiger partial charge on any atom is 0.104 e. The summed E-state index contributed by atoms with van der Waals surface area (Å²) in [5.74, 6) is 10.9. The van der Waals surface area contributed by atoms with Gasteiger partial charge < -0.3 is 38.6 Å². The van der Waals surface area contributed by atoms with Crippen LogP contribution in [0.2, 0.25) is 0 Å². The largest absolute Gasteiger partial charge is 0.396 e. The van der Waals surface area contributed by atoms with Crippen molar-refractivity contribution in [2.45, 2.75) is 384 Å². The lowest BCUT2D eigenvalue weighted by Crippen LogP contribution is -2.51. The molecule has 18 atom stereocenters. The topological polar surface area (TPSA) is 99.1 Å². The van der Waals surface area contributed by atoms with Gasteiger partial charge in [-0.05, 0) is 272 Å². The quantitative estimate of drug-likeness (QED) is 0.0353. The van der Waals surface area contributed by atoms with E-state index in [1.54, 1.807) is 11.1 Å². The van der Waals surface area contributed by atoms with Crippen molar-refractivity contribution in [1.29, 1.82) is 0 Å². The van der Waals surface area contributed by atoms with Crippen LogP contribution in [0.3, 0.4) is 0 Å². The summed E-state index contributed by atoms with van der Waals surface area (Å²) in [7, 11) is 0. The monoisotopic (exact) mass is 1410 g/mol.